The SMILES string of the molecule is CCOCCS(=O)(=O)NCC(C)(C)CCCO. The van der Waals surface area contributed by atoms with Crippen molar-refractivity contribution in [3.8, 4) is 0 Å². The summed E-state index contributed by atoms with van der Waals surface area (Å²) in [5, 5.41) is 8.75. The summed E-state index contributed by atoms with van der Waals surface area (Å²) in [5.41, 5.74) is -0.137. The zero-order valence-electron chi connectivity index (χ0n) is 11.0. The molecule has 0 heterocycles. The lowest BCUT2D eigenvalue weighted by Gasteiger charge is -2.24. The number of aliphatic hydroxyl groups excluding tert-OH is 1. The minimum absolute atomic E-state index is 0.00306. The quantitative estimate of drug-likeness (QED) is 0.572. The van der Waals surface area contributed by atoms with Crippen molar-refractivity contribution in [1.29, 1.82) is 0 Å². The minimum atomic E-state index is -3.25. The van der Waals surface area contributed by atoms with Gasteiger partial charge in [-0.1, -0.05) is 13.8 Å². The van der Waals surface area contributed by atoms with Gasteiger partial charge in [0.25, 0.3) is 0 Å². The summed E-state index contributed by atoms with van der Waals surface area (Å²) in [5.74, 6) is -0.00306. The number of hydrogen-bond donors (Lipinski definition) is 2. The molecule has 0 saturated carbocycles. The maximum Gasteiger partial charge on any atom is 0.213 e. The van der Waals surface area contributed by atoms with Crippen LogP contribution >= 0.6 is 0 Å². The Kier molecular flexibility index (Phi) is 7.94. The van der Waals surface area contributed by atoms with Crippen LogP contribution in [0.2, 0.25) is 0 Å². The van der Waals surface area contributed by atoms with E-state index in [0.29, 0.717) is 19.6 Å². The molecule has 0 spiro atoms. The van der Waals surface area contributed by atoms with Gasteiger partial charge in [0.15, 0.2) is 0 Å². The first-order valence-electron chi connectivity index (χ1n) is 5.99. The molecule has 0 aliphatic heterocycles. The van der Waals surface area contributed by atoms with Crippen LogP contribution in [-0.4, -0.2) is 45.6 Å². The first kappa shape index (κ1) is 16.8. The van der Waals surface area contributed by atoms with E-state index in [9.17, 15) is 8.42 Å². The maximum absolute atomic E-state index is 11.6. The van der Waals surface area contributed by atoms with Gasteiger partial charge in [-0.2, -0.15) is 0 Å². The van der Waals surface area contributed by atoms with Gasteiger partial charge in [-0.05, 0) is 25.2 Å². The highest BCUT2D eigenvalue weighted by molar-refractivity contribution is 7.89. The van der Waals surface area contributed by atoms with Crippen LogP contribution in [0.15, 0.2) is 0 Å². The molecule has 6 heteroatoms. The average molecular weight is 267 g/mol. The minimum Gasteiger partial charge on any atom is -0.396 e. The standard InChI is InChI=1S/C11H25NO4S/c1-4-16-8-9-17(14,15)12-10-11(2,3)6-5-7-13/h12-13H,4-10H2,1-3H3. The number of sulfonamides is 1. The van der Waals surface area contributed by atoms with Crippen molar-refractivity contribution in [2.75, 3.05) is 32.1 Å². The van der Waals surface area contributed by atoms with Crippen LogP contribution in [-0.2, 0) is 14.8 Å². The molecule has 0 atom stereocenters. The van der Waals surface area contributed by atoms with Crippen molar-refractivity contribution in [1.82, 2.24) is 4.72 Å². The lowest BCUT2D eigenvalue weighted by atomic mass is 9.88. The van der Waals surface area contributed by atoms with Crippen LogP contribution in [0, 0.1) is 5.41 Å². The molecule has 2 N–H and O–H groups in total. The fourth-order valence-corrected chi connectivity index (χ4v) is 2.43. The maximum atomic E-state index is 11.6. The molecule has 0 unspecified atom stereocenters. The summed E-state index contributed by atoms with van der Waals surface area (Å²) in [7, 11) is -3.25. The van der Waals surface area contributed by atoms with Crippen molar-refractivity contribution < 1.29 is 18.3 Å². The smallest absolute Gasteiger partial charge is 0.213 e. The second-order valence-corrected chi connectivity index (χ2v) is 6.75. The van der Waals surface area contributed by atoms with Gasteiger partial charge in [-0.25, -0.2) is 13.1 Å². The normalized spacial score (nSPS) is 12.9. The van der Waals surface area contributed by atoms with Crippen LogP contribution < -0.4 is 4.72 Å². The van der Waals surface area contributed by atoms with E-state index in [1.165, 1.54) is 0 Å². The monoisotopic (exact) mass is 267 g/mol. The highest BCUT2D eigenvalue weighted by Crippen LogP contribution is 2.20. The van der Waals surface area contributed by atoms with Gasteiger partial charge < -0.3 is 9.84 Å². The van der Waals surface area contributed by atoms with Crippen LogP contribution in [0.3, 0.4) is 0 Å². The zero-order chi connectivity index (χ0) is 13.4. The van der Waals surface area contributed by atoms with Crippen LogP contribution in [0.25, 0.3) is 0 Å². The Morgan fingerprint density at radius 1 is 1.35 bits per heavy atom. The molecule has 0 aromatic rings. The Morgan fingerprint density at radius 3 is 2.53 bits per heavy atom. The Morgan fingerprint density at radius 2 is 2.00 bits per heavy atom. The van der Waals surface area contributed by atoms with Crippen molar-refractivity contribution in [3.63, 3.8) is 0 Å². The number of aliphatic hydroxyl groups is 1. The Hall–Kier alpha value is -0.170. The molecule has 0 amide bonds. The van der Waals surface area contributed by atoms with Crippen molar-refractivity contribution in [2.24, 2.45) is 5.41 Å². The Bertz CT molecular complexity index is 288. The van der Waals surface area contributed by atoms with Crippen LogP contribution in [0.1, 0.15) is 33.6 Å². The van der Waals surface area contributed by atoms with E-state index in [1.807, 2.05) is 20.8 Å². The zero-order valence-corrected chi connectivity index (χ0v) is 11.8. The third-order valence-corrected chi connectivity index (χ3v) is 3.77. The van der Waals surface area contributed by atoms with E-state index in [2.05, 4.69) is 4.72 Å². The third kappa shape index (κ3) is 9.52. The van der Waals surface area contributed by atoms with Gasteiger partial charge in [-0.15, -0.1) is 0 Å². The van der Waals surface area contributed by atoms with Crippen molar-refractivity contribution in [3.05, 3.63) is 0 Å². The summed E-state index contributed by atoms with van der Waals surface area (Å²) >= 11 is 0. The van der Waals surface area contributed by atoms with E-state index in [0.717, 1.165) is 6.42 Å². The van der Waals surface area contributed by atoms with Gasteiger partial charge in [0.1, 0.15) is 0 Å². The van der Waals surface area contributed by atoms with Gasteiger partial charge >= 0.3 is 0 Å². The predicted octanol–water partition coefficient (Wildman–Crippen LogP) is 0.741. The lowest BCUT2D eigenvalue weighted by Crippen LogP contribution is -2.36. The molecule has 0 aromatic carbocycles. The highest BCUT2D eigenvalue weighted by atomic mass is 32.2. The molecule has 0 saturated heterocycles. The number of nitrogens with one attached hydrogen (secondary N) is 1. The summed E-state index contributed by atoms with van der Waals surface area (Å²) in [6.07, 6.45) is 1.48. The molecule has 0 bridgehead atoms. The fourth-order valence-electron chi connectivity index (χ4n) is 1.34. The average Bonchev–Trinajstić information content (AvgIpc) is 2.25. The molecule has 0 aliphatic carbocycles. The van der Waals surface area contributed by atoms with E-state index in [-0.39, 0.29) is 24.4 Å². The molecule has 0 aliphatic rings. The molecule has 104 valence electrons. The predicted molar refractivity (Wildman–Crippen MR) is 68.4 cm³/mol. The highest BCUT2D eigenvalue weighted by Gasteiger charge is 2.20. The first-order valence-corrected chi connectivity index (χ1v) is 7.64. The summed E-state index contributed by atoms with van der Waals surface area (Å²) in [6, 6.07) is 0. The summed E-state index contributed by atoms with van der Waals surface area (Å²) in [4.78, 5) is 0. The Balaban J connectivity index is 3.99. The molecule has 0 aromatic heterocycles. The molecular weight excluding hydrogens is 242 g/mol. The van der Waals surface area contributed by atoms with E-state index in [1.54, 1.807) is 0 Å². The second-order valence-electron chi connectivity index (χ2n) is 4.83. The molecule has 5 nitrogen and oxygen atoms in total. The molecule has 17 heavy (non-hydrogen) atoms. The summed E-state index contributed by atoms with van der Waals surface area (Å²) < 4.78 is 30.8. The largest absolute Gasteiger partial charge is 0.396 e. The number of rotatable bonds is 10. The van der Waals surface area contributed by atoms with Gasteiger partial charge in [0.05, 0.1) is 12.4 Å². The fraction of sp³-hybridized carbons (Fsp3) is 1.00. The van der Waals surface area contributed by atoms with Gasteiger partial charge in [0.2, 0.25) is 10.0 Å². The van der Waals surface area contributed by atoms with Gasteiger partial charge in [-0.3, -0.25) is 0 Å². The molecule has 0 fully saturated rings. The molecule has 0 radical (unpaired) electrons. The van der Waals surface area contributed by atoms with Crippen molar-refractivity contribution in [2.45, 2.75) is 33.6 Å². The third-order valence-electron chi connectivity index (χ3n) is 2.48. The molecular formula is C11H25NO4S. The van der Waals surface area contributed by atoms with Gasteiger partial charge in [0, 0.05) is 19.8 Å². The number of ether oxygens (including phenoxy) is 1. The van der Waals surface area contributed by atoms with Crippen LogP contribution in [0.5, 0.6) is 0 Å². The van der Waals surface area contributed by atoms with Crippen molar-refractivity contribution >= 4 is 10.0 Å². The topological polar surface area (TPSA) is 75.6 Å². The van der Waals surface area contributed by atoms with E-state index >= 15 is 0 Å². The van der Waals surface area contributed by atoms with Crippen LogP contribution in [0.4, 0.5) is 0 Å². The van der Waals surface area contributed by atoms with E-state index < -0.39 is 10.0 Å². The van der Waals surface area contributed by atoms with E-state index in [4.69, 9.17) is 9.84 Å². The summed E-state index contributed by atoms with van der Waals surface area (Å²) in [6.45, 7) is 7.07. The number of hydrogen-bond acceptors (Lipinski definition) is 4. The Labute approximate surface area is 105 Å². The second kappa shape index (κ2) is 8.02. The molecule has 0 rings (SSSR count). The lowest BCUT2D eigenvalue weighted by molar-refractivity contribution is 0.163. The first-order chi connectivity index (χ1) is 7.83.